The molecule has 0 N–H and O–H groups in total. The van der Waals surface area contributed by atoms with Gasteiger partial charge in [0, 0.05) is 11.5 Å². The molecule has 1 aromatic carbocycles. The predicted octanol–water partition coefficient (Wildman–Crippen LogP) is 2.83. The number of hydrogen-bond donors (Lipinski definition) is 0. The Hall–Kier alpha value is -1.96. The van der Waals surface area contributed by atoms with Gasteiger partial charge in [0.05, 0.1) is 13.2 Å². The molecule has 0 spiro atoms. The molecule has 23 heavy (non-hydrogen) atoms. The van der Waals surface area contributed by atoms with Crippen molar-refractivity contribution in [3.8, 4) is 11.5 Å². The number of methoxy groups -OCH3 is 1. The molecule has 126 valence electrons. The quantitative estimate of drug-likeness (QED) is 0.780. The summed E-state index contributed by atoms with van der Waals surface area (Å²) in [5.74, 6) is -3.48. The molecule has 0 aromatic heterocycles. The second-order valence-corrected chi connectivity index (χ2v) is 5.63. The minimum atomic E-state index is -3.95. The number of carbonyl (C=O) groups excluding carboxylic acids is 1. The number of alkyl halides is 2. The molecule has 0 radical (unpaired) electrons. The van der Waals surface area contributed by atoms with E-state index in [0.717, 1.165) is 6.07 Å². The van der Waals surface area contributed by atoms with Gasteiger partial charge in [0.1, 0.15) is 0 Å². The van der Waals surface area contributed by atoms with Crippen LogP contribution < -0.4 is 9.47 Å². The third-order valence-corrected chi connectivity index (χ3v) is 4.32. The van der Waals surface area contributed by atoms with Crippen molar-refractivity contribution in [2.24, 2.45) is 5.92 Å². The van der Waals surface area contributed by atoms with Crippen LogP contribution in [-0.2, 0) is 14.3 Å². The highest BCUT2D eigenvalue weighted by Crippen LogP contribution is 2.51. The molecule has 2 heterocycles. The van der Waals surface area contributed by atoms with E-state index in [9.17, 15) is 18.0 Å². The van der Waals surface area contributed by atoms with Crippen LogP contribution in [0.15, 0.2) is 12.1 Å². The van der Waals surface area contributed by atoms with Crippen LogP contribution in [0.25, 0.3) is 0 Å². The molecule has 2 aliphatic heterocycles. The van der Waals surface area contributed by atoms with Gasteiger partial charge in [-0.2, -0.15) is 0 Å². The maximum Gasteiger partial charge on any atom is 0.586 e. The van der Waals surface area contributed by atoms with Crippen molar-refractivity contribution >= 4 is 5.97 Å². The monoisotopic (exact) mass is 332 g/mol. The summed E-state index contributed by atoms with van der Waals surface area (Å²) in [6, 6.07) is 2.31. The Kier molecular flexibility index (Phi) is 3.66. The molecule has 0 saturated carbocycles. The fourth-order valence-corrected chi connectivity index (χ4v) is 3.05. The highest BCUT2D eigenvalue weighted by Gasteiger charge is 2.51. The fourth-order valence-electron chi connectivity index (χ4n) is 3.05. The Labute approximate surface area is 130 Å². The normalized spacial score (nSPS) is 31.2. The van der Waals surface area contributed by atoms with Crippen molar-refractivity contribution in [2.75, 3.05) is 7.11 Å². The average molecular weight is 332 g/mol. The molecule has 5 nitrogen and oxygen atoms in total. The Bertz CT molecular complexity index is 648. The summed E-state index contributed by atoms with van der Waals surface area (Å²) < 4.78 is 59.4. The zero-order valence-electron chi connectivity index (χ0n) is 12.6. The van der Waals surface area contributed by atoms with Crippen LogP contribution in [0, 0.1) is 11.7 Å². The first-order valence-corrected chi connectivity index (χ1v) is 7.06. The lowest BCUT2D eigenvalue weighted by molar-refractivity contribution is -0.287. The van der Waals surface area contributed by atoms with Gasteiger partial charge in [-0.05, 0) is 18.9 Å². The number of carbonyl (C=O) groups is 1. The molecule has 1 aromatic rings. The van der Waals surface area contributed by atoms with Crippen LogP contribution in [-0.4, -0.2) is 31.6 Å². The summed E-state index contributed by atoms with van der Waals surface area (Å²) in [5.41, 5.74) is 0.228. The van der Waals surface area contributed by atoms with Crippen LogP contribution in [0.3, 0.4) is 0 Å². The van der Waals surface area contributed by atoms with E-state index in [1.54, 1.807) is 6.92 Å². The van der Waals surface area contributed by atoms with E-state index in [2.05, 4.69) is 9.47 Å². The molecule has 3 rings (SSSR count). The summed E-state index contributed by atoms with van der Waals surface area (Å²) in [5, 5.41) is 0. The Morgan fingerprint density at radius 2 is 1.87 bits per heavy atom. The van der Waals surface area contributed by atoms with Crippen LogP contribution in [0.2, 0.25) is 0 Å². The molecule has 1 saturated heterocycles. The SMILES string of the molecule is COC(=O)[C@H]1OC(C)[C@@H](C)C1c1ccc(F)c2c1OC(F)(F)O2. The van der Waals surface area contributed by atoms with Crippen molar-refractivity contribution in [1.82, 2.24) is 0 Å². The lowest BCUT2D eigenvalue weighted by Crippen LogP contribution is -2.29. The highest BCUT2D eigenvalue weighted by molar-refractivity contribution is 5.77. The van der Waals surface area contributed by atoms with Gasteiger partial charge in [0.2, 0.25) is 5.75 Å². The number of ether oxygens (including phenoxy) is 4. The zero-order chi connectivity index (χ0) is 16.9. The maximum atomic E-state index is 13.7. The first-order chi connectivity index (χ1) is 10.7. The molecular formula is C15H15F3O5. The minimum absolute atomic E-state index is 0.202. The van der Waals surface area contributed by atoms with Crippen LogP contribution in [0.4, 0.5) is 13.2 Å². The van der Waals surface area contributed by atoms with Gasteiger partial charge in [-0.25, -0.2) is 9.18 Å². The van der Waals surface area contributed by atoms with E-state index in [4.69, 9.17) is 9.47 Å². The molecule has 0 aliphatic carbocycles. The van der Waals surface area contributed by atoms with Crippen molar-refractivity contribution < 1.29 is 36.9 Å². The van der Waals surface area contributed by atoms with Gasteiger partial charge in [0.25, 0.3) is 0 Å². The largest absolute Gasteiger partial charge is 0.586 e. The Morgan fingerprint density at radius 3 is 2.52 bits per heavy atom. The average Bonchev–Trinajstić information content (AvgIpc) is 2.97. The number of hydrogen-bond acceptors (Lipinski definition) is 5. The summed E-state index contributed by atoms with van der Waals surface area (Å²) in [7, 11) is 1.21. The van der Waals surface area contributed by atoms with E-state index in [1.807, 2.05) is 6.92 Å². The Balaban J connectivity index is 2.08. The number of esters is 1. The molecule has 0 amide bonds. The number of fused-ring (bicyclic) bond motifs is 1. The Morgan fingerprint density at radius 1 is 1.22 bits per heavy atom. The fraction of sp³-hybridized carbons (Fsp3) is 0.533. The van der Waals surface area contributed by atoms with E-state index in [1.165, 1.54) is 13.2 Å². The van der Waals surface area contributed by atoms with Crippen molar-refractivity contribution in [1.29, 1.82) is 0 Å². The van der Waals surface area contributed by atoms with E-state index in [0.29, 0.717) is 0 Å². The highest BCUT2D eigenvalue weighted by atomic mass is 19.3. The van der Waals surface area contributed by atoms with E-state index >= 15 is 0 Å². The number of rotatable bonds is 2. The van der Waals surface area contributed by atoms with Gasteiger partial charge in [-0.15, -0.1) is 8.78 Å². The number of halogens is 3. The zero-order valence-corrected chi connectivity index (χ0v) is 12.6. The van der Waals surface area contributed by atoms with E-state index < -0.39 is 41.6 Å². The summed E-state index contributed by atoms with van der Waals surface area (Å²) in [6.07, 6.45) is -5.25. The molecule has 2 unspecified atom stereocenters. The second-order valence-electron chi connectivity index (χ2n) is 5.63. The van der Waals surface area contributed by atoms with Gasteiger partial charge in [-0.1, -0.05) is 13.0 Å². The van der Waals surface area contributed by atoms with Gasteiger partial charge in [-0.3, -0.25) is 0 Å². The van der Waals surface area contributed by atoms with Gasteiger partial charge in [0.15, 0.2) is 17.7 Å². The third kappa shape index (κ3) is 2.50. The van der Waals surface area contributed by atoms with Gasteiger partial charge >= 0.3 is 12.3 Å². The van der Waals surface area contributed by atoms with E-state index in [-0.39, 0.29) is 17.6 Å². The number of benzene rings is 1. The van der Waals surface area contributed by atoms with Crippen LogP contribution >= 0.6 is 0 Å². The lowest BCUT2D eigenvalue weighted by Gasteiger charge is -2.21. The minimum Gasteiger partial charge on any atom is -0.467 e. The molecule has 2 aliphatic rings. The van der Waals surface area contributed by atoms with Crippen LogP contribution in [0.5, 0.6) is 11.5 Å². The predicted molar refractivity (Wildman–Crippen MR) is 70.9 cm³/mol. The third-order valence-electron chi connectivity index (χ3n) is 4.32. The maximum absolute atomic E-state index is 13.7. The standard InChI is InChI=1S/C15H15F3O5/c1-6-7(2)21-13(14(19)20-3)10(6)8-4-5-9(16)12-11(8)22-15(17,18)23-12/h4-7,10,13H,1-3H3/t6-,7?,10?,13+/m1/s1. The summed E-state index contributed by atoms with van der Waals surface area (Å²) in [6.45, 7) is 3.57. The van der Waals surface area contributed by atoms with Crippen molar-refractivity contribution in [3.63, 3.8) is 0 Å². The van der Waals surface area contributed by atoms with Crippen molar-refractivity contribution in [2.45, 2.75) is 38.3 Å². The second kappa shape index (κ2) is 5.30. The molecule has 0 bridgehead atoms. The first kappa shape index (κ1) is 15.9. The summed E-state index contributed by atoms with van der Waals surface area (Å²) >= 11 is 0. The molecule has 1 fully saturated rings. The summed E-state index contributed by atoms with van der Waals surface area (Å²) in [4.78, 5) is 11.9. The lowest BCUT2D eigenvalue weighted by atomic mass is 9.82. The van der Waals surface area contributed by atoms with Crippen molar-refractivity contribution in [3.05, 3.63) is 23.5 Å². The smallest absolute Gasteiger partial charge is 0.467 e. The molecule has 8 heteroatoms. The van der Waals surface area contributed by atoms with Gasteiger partial charge < -0.3 is 18.9 Å². The first-order valence-electron chi connectivity index (χ1n) is 7.06. The van der Waals surface area contributed by atoms with Crippen LogP contribution in [0.1, 0.15) is 25.3 Å². The topological polar surface area (TPSA) is 54.0 Å². The molecular weight excluding hydrogens is 317 g/mol. The molecule has 4 atom stereocenters.